The van der Waals surface area contributed by atoms with Gasteiger partial charge in [-0.25, -0.2) is 0 Å². The van der Waals surface area contributed by atoms with E-state index in [4.69, 9.17) is 0 Å². The first-order valence-electron chi connectivity index (χ1n) is 7.55. The van der Waals surface area contributed by atoms with Crippen LogP contribution in [0, 0.1) is 19.8 Å². The van der Waals surface area contributed by atoms with Gasteiger partial charge in [0, 0.05) is 37.7 Å². The molecule has 0 spiro atoms. The Morgan fingerprint density at radius 3 is 1.86 bits per heavy atom. The highest BCUT2D eigenvalue weighted by Gasteiger charge is 2.25. The lowest BCUT2D eigenvalue weighted by Crippen LogP contribution is -2.51. The monoisotopic (exact) mass is 288 g/mol. The maximum absolute atomic E-state index is 12.5. The summed E-state index contributed by atoms with van der Waals surface area (Å²) in [4.78, 5) is 28.2. The van der Waals surface area contributed by atoms with E-state index in [-0.39, 0.29) is 17.7 Å². The van der Waals surface area contributed by atoms with Gasteiger partial charge in [0.15, 0.2) is 0 Å². The Morgan fingerprint density at radius 1 is 0.905 bits per heavy atom. The van der Waals surface area contributed by atoms with Crippen molar-refractivity contribution in [2.45, 2.75) is 27.7 Å². The minimum absolute atomic E-state index is 0.0201. The normalized spacial score (nSPS) is 15.5. The molecule has 1 aromatic rings. The molecule has 2 amide bonds. The Kier molecular flexibility index (Phi) is 4.66. The molecule has 1 heterocycles. The highest BCUT2D eigenvalue weighted by molar-refractivity contribution is 5.94. The summed E-state index contributed by atoms with van der Waals surface area (Å²) in [5.41, 5.74) is 2.95. The molecular formula is C17H24N2O2. The molecule has 1 fully saturated rings. The van der Waals surface area contributed by atoms with Gasteiger partial charge >= 0.3 is 0 Å². The number of aryl methyl sites for hydroxylation is 2. The molecule has 1 saturated heterocycles. The molecule has 0 radical (unpaired) electrons. The van der Waals surface area contributed by atoms with Gasteiger partial charge in [-0.3, -0.25) is 9.59 Å². The second-order valence-corrected chi connectivity index (χ2v) is 6.15. The number of amides is 2. The Balaban J connectivity index is 2.02. The van der Waals surface area contributed by atoms with Gasteiger partial charge in [-0.1, -0.05) is 31.0 Å². The van der Waals surface area contributed by atoms with E-state index < -0.39 is 0 Å². The fourth-order valence-electron chi connectivity index (χ4n) is 2.78. The molecule has 0 atom stereocenters. The maximum Gasteiger partial charge on any atom is 0.253 e. The molecule has 0 saturated carbocycles. The van der Waals surface area contributed by atoms with Crippen molar-refractivity contribution in [3.8, 4) is 0 Å². The van der Waals surface area contributed by atoms with Crippen molar-refractivity contribution in [3.05, 3.63) is 34.9 Å². The highest BCUT2D eigenvalue weighted by atomic mass is 16.2. The number of hydrogen-bond donors (Lipinski definition) is 0. The van der Waals surface area contributed by atoms with Gasteiger partial charge in [0.25, 0.3) is 5.91 Å². The summed E-state index contributed by atoms with van der Waals surface area (Å²) in [6.45, 7) is 10.3. The first-order valence-corrected chi connectivity index (χ1v) is 7.55. The summed E-state index contributed by atoms with van der Waals surface area (Å²) in [5.74, 6) is 0.263. The minimum Gasteiger partial charge on any atom is -0.339 e. The van der Waals surface area contributed by atoms with Crippen LogP contribution in [0.1, 0.15) is 35.3 Å². The SMILES string of the molecule is Cc1cc(C)cc(C(=O)N2CCN(C(=O)C(C)C)CC2)c1. The van der Waals surface area contributed by atoms with Crippen LogP contribution in [0.5, 0.6) is 0 Å². The second kappa shape index (κ2) is 6.29. The van der Waals surface area contributed by atoms with Crippen LogP contribution in [0.4, 0.5) is 0 Å². The van der Waals surface area contributed by atoms with Crippen molar-refractivity contribution in [1.82, 2.24) is 9.80 Å². The summed E-state index contributed by atoms with van der Waals surface area (Å²) in [6.07, 6.45) is 0. The summed E-state index contributed by atoms with van der Waals surface area (Å²) in [5, 5.41) is 0. The van der Waals surface area contributed by atoms with Crippen LogP contribution in [0.2, 0.25) is 0 Å². The topological polar surface area (TPSA) is 40.6 Å². The van der Waals surface area contributed by atoms with Crippen molar-refractivity contribution in [2.75, 3.05) is 26.2 Å². The van der Waals surface area contributed by atoms with E-state index in [1.54, 1.807) is 0 Å². The van der Waals surface area contributed by atoms with Crippen LogP contribution in [-0.4, -0.2) is 47.8 Å². The van der Waals surface area contributed by atoms with Gasteiger partial charge < -0.3 is 9.80 Å². The zero-order valence-electron chi connectivity index (χ0n) is 13.3. The van der Waals surface area contributed by atoms with Crippen molar-refractivity contribution >= 4 is 11.8 Å². The fourth-order valence-corrected chi connectivity index (χ4v) is 2.78. The highest BCUT2D eigenvalue weighted by Crippen LogP contribution is 2.14. The zero-order chi connectivity index (χ0) is 15.6. The van der Waals surface area contributed by atoms with Crippen molar-refractivity contribution in [1.29, 1.82) is 0 Å². The van der Waals surface area contributed by atoms with E-state index in [1.165, 1.54) is 0 Å². The lowest BCUT2D eigenvalue weighted by atomic mass is 10.1. The molecule has 0 unspecified atom stereocenters. The molecule has 2 rings (SSSR count). The number of carbonyl (C=O) groups excluding carboxylic acids is 2. The first kappa shape index (κ1) is 15.5. The maximum atomic E-state index is 12.5. The third-order valence-corrected chi connectivity index (χ3v) is 3.84. The number of benzene rings is 1. The molecule has 0 N–H and O–H groups in total. The van der Waals surface area contributed by atoms with E-state index in [0.29, 0.717) is 26.2 Å². The third kappa shape index (κ3) is 3.63. The van der Waals surface area contributed by atoms with Crippen molar-refractivity contribution in [2.24, 2.45) is 5.92 Å². The predicted molar refractivity (Wildman–Crippen MR) is 83.2 cm³/mol. The van der Waals surface area contributed by atoms with Gasteiger partial charge in [0.05, 0.1) is 0 Å². The van der Waals surface area contributed by atoms with Gasteiger partial charge in [-0.15, -0.1) is 0 Å². The zero-order valence-corrected chi connectivity index (χ0v) is 13.3. The molecule has 4 nitrogen and oxygen atoms in total. The molecule has 1 aromatic carbocycles. The van der Waals surface area contributed by atoms with Crippen molar-refractivity contribution in [3.63, 3.8) is 0 Å². The number of rotatable bonds is 2. The number of piperazine rings is 1. The van der Waals surface area contributed by atoms with Crippen molar-refractivity contribution < 1.29 is 9.59 Å². The quantitative estimate of drug-likeness (QED) is 0.837. The predicted octanol–water partition coefficient (Wildman–Crippen LogP) is 2.24. The van der Waals surface area contributed by atoms with E-state index in [9.17, 15) is 9.59 Å². The lowest BCUT2D eigenvalue weighted by molar-refractivity contribution is -0.135. The van der Waals surface area contributed by atoms with Crippen LogP contribution in [0.3, 0.4) is 0 Å². The van der Waals surface area contributed by atoms with Gasteiger partial charge in [-0.05, 0) is 26.0 Å². The standard InChI is InChI=1S/C17H24N2O2/c1-12(2)16(20)18-5-7-19(8-6-18)17(21)15-10-13(3)9-14(4)11-15/h9-12H,5-8H2,1-4H3. The van der Waals surface area contributed by atoms with Crippen LogP contribution < -0.4 is 0 Å². The fraction of sp³-hybridized carbons (Fsp3) is 0.529. The second-order valence-electron chi connectivity index (χ2n) is 6.15. The van der Waals surface area contributed by atoms with Crippen LogP contribution >= 0.6 is 0 Å². The summed E-state index contributed by atoms with van der Waals surface area (Å²) < 4.78 is 0. The molecule has 0 bridgehead atoms. The Labute approximate surface area is 126 Å². The van der Waals surface area contributed by atoms with Crippen LogP contribution in [-0.2, 0) is 4.79 Å². The first-order chi connectivity index (χ1) is 9.88. The lowest BCUT2D eigenvalue weighted by Gasteiger charge is -2.35. The molecule has 0 aliphatic carbocycles. The van der Waals surface area contributed by atoms with Crippen LogP contribution in [0.15, 0.2) is 18.2 Å². The number of carbonyl (C=O) groups is 2. The van der Waals surface area contributed by atoms with Gasteiger partial charge in [-0.2, -0.15) is 0 Å². The smallest absolute Gasteiger partial charge is 0.253 e. The molecule has 1 aliphatic rings. The third-order valence-electron chi connectivity index (χ3n) is 3.84. The Bertz CT molecular complexity index is 523. The van der Waals surface area contributed by atoms with Crippen LogP contribution in [0.25, 0.3) is 0 Å². The largest absolute Gasteiger partial charge is 0.339 e. The molecule has 4 heteroatoms. The number of hydrogen-bond acceptors (Lipinski definition) is 2. The Morgan fingerprint density at radius 2 is 1.38 bits per heavy atom. The summed E-state index contributed by atoms with van der Waals surface area (Å²) >= 11 is 0. The van der Waals surface area contributed by atoms with E-state index in [1.807, 2.05) is 49.6 Å². The Hall–Kier alpha value is -1.84. The summed E-state index contributed by atoms with van der Waals surface area (Å²) in [6, 6.07) is 5.93. The summed E-state index contributed by atoms with van der Waals surface area (Å²) in [7, 11) is 0. The number of nitrogens with zero attached hydrogens (tertiary/aromatic N) is 2. The van der Waals surface area contributed by atoms with E-state index in [2.05, 4.69) is 6.07 Å². The molecular weight excluding hydrogens is 264 g/mol. The molecule has 1 aliphatic heterocycles. The van der Waals surface area contributed by atoms with E-state index >= 15 is 0 Å². The van der Waals surface area contributed by atoms with E-state index in [0.717, 1.165) is 16.7 Å². The molecule has 21 heavy (non-hydrogen) atoms. The average Bonchev–Trinajstić information content (AvgIpc) is 2.44. The van der Waals surface area contributed by atoms with Gasteiger partial charge in [0.1, 0.15) is 0 Å². The average molecular weight is 288 g/mol. The molecule has 114 valence electrons. The van der Waals surface area contributed by atoms with Gasteiger partial charge in [0.2, 0.25) is 5.91 Å². The minimum atomic E-state index is 0.0201. The molecule has 0 aromatic heterocycles.